The first-order valence-corrected chi connectivity index (χ1v) is 11.3. The van der Waals surface area contributed by atoms with E-state index in [1.165, 1.54) is 4.90 Å². The molecule has 1 aliphatic rings. The third-order valence-electron chi connectivity index (χ3n) is 5.66. The van der Waals surface area contributed by atoms with Gasteiger partial charge in [0.1, 0.15) is 12.6 Å². The van der Waals surface area contributed by atoms with Gasteiger partial charge in [-0.1, -0.05) is 80.9 Å². The van der Waals surface area contributed by atoms with Crippen LogP contribution in [0.15, 0.2) is 64.0 Å². The number of nitrogens with zero attached hydrogens (tertiary/aromatic N) is 4. The van der Waals surface area contributed by atoms with Crippen LogP contribution in [0.1, 0.15) is 51.2 Å². The lowest BCUT2D eigenvalue weighted by Crippen LogP contribution is -2.47. The number of hydrazone groups is 1. The van der Waals surface area contributed by atoms with Crippen molar-refractivity contribution in [1.29, 1.82) is 0 Å². The van der Waals surface area contributed by atoms with Crippen molar-refractivity contribution in [2.45, 2.75) is 52.6 Å². The van der Waals surface area contributed by atoms with E-state index < -0.39 is 12.0 Å². The number of aliphatic carboxylic acids is 1. The Labute approximate surface area is 194 Å². The third kappa shape index (κ3) is 6.03. The second kappa shape index (κ2) is 11.4. The van der Waals surface area contributed by atoms with Gasteiger partial charge >= 0.3 is 5.97 Å². The van der Waals surface area contributed by atoms with Crippen LogP contribution in [0, 0.1) is 5.92 Å². The summed E-state index contributed by atoms with van der Waals surface area (Å²) in [6.45, 7) is 6.35. The van der Waals surface area contributed by atoms with Gasteiger partial charge in [0.15, 0.2) is 0 Å². The largest absolute Gasteiger partial charge is 0.480 e. The maximum Gasteiger partial charge on any atom is 0.326 e. The molecule has 1 amide bonds. The molecule has 2 aromatic rings. The monoisotopic (exact) mass is 449 g/mol. The lowest BCUT2D eigenvalue weighted by Gasteiger charge is -2.32. The molecule has 0 aliphatic carbocycles. The van der Waals surface area contributed by atoms with Gasteiger partial charge in [-0.2, -0.15) is 15.8 Å². The van der Waals surface area contributed by atoms with Crippen molar-refractivity contribution in [2.75, 3.05) is 6.54 Å². The molecular formula is C25H31N5O3. The zero-order chi connectivity index (χ0) is 23.8. The van der Waals surface area contributed by atoms with E-state index in [4.69, 9.17) is 0 Å². The first kappa shape index (κ1) is 24.1. The van der Waals surface area contributed by atoms with E-state index in [0.29, 0.717) is 13.0 Å². The Bertz CT molecular complexity index is 1030. The number of benzene rings is 2. The molecule has 1 atom stereocenters. The fourth-order valence-electron chi connectivity index (χ4n) is 3.96. The Kier molecular flexibility index (Phi) is 8.29. The summed E-state index contributed by atoms with van der Waals surface area (Å²) in [7, 11) is 0. The van der Waals surface area contributed by atoms with Crippen molar-refractivity contribution in [3.05, 3.63) is 59.7 Å². The van der Waals surface area contributed by atoms with E-state index in [1.807, 2.05) is 69.3 Å². The van der Waals surface area contributed by atoms with E-state index >= 15 is 0 Å². The van der Waals surface area contributed by atoms with Crippen LogP contribution in [0.2, 0.25) is 0 Å². The highest BCUT2D eigenvalue weighted by molar-refractivity contribution is 6.07. The molecule has 8 heteroatoms. The van der Waals surface area contributed by atoms with Crippen molar-refractivity contribution in [1.82, 2.24) is 10.4 Å². The van der Waals surface area contributed by atoms with Gasteiger partial charge in [0.05, 0.1) is 5.71 Å². The zero-order valence-corrected chi connectivity index (χ0v) is 19.4. The molecular weight excluding hydrogens is 418 g/mol. The molecule has 3 rings (SSSR count). The molecule has 0 saturated heterocycles. The summed E-state index contributed by atoms with van der Waals surface area (Å²) in [4.78, 5) is 26.4. The minimum Gasteiger partial charge on any atom is -0.480 e. The Morgan fingerprint density at radius 2 is 1.79 bits per heavy atom. The van der Waals surface area contributed by atoms with E-state index in [0.717, 1.165) is 40.8 Å². The summed E-state index contributed by atoms with van der Waals surface area (Å²) >= 11 is 0. The zero-order valence-electron chi connectivity index (χ0n) is 19.4. The maximum atomic E-state index is 12.9. The standard InChI is InChI=1S/C25H31N5O3/c1-4-5-10-23(31)30(24(17(2)3)25(32)33)16-18-11-13-19(14-12-18)20-8-6-7-9-21(20)22-15-26-28-29-27-22/h6-9,11-14,17,24H,4-5,10,15-16H2,1-3H3,(H,26,29)(H,32,33). The second-order valence-corrected chi connectivity index (χ2v) is 8.45. The lowest BCUT2D eigenvalue weighted by atomic mass is 9.95. The number of unbranched alkanes of at least 4 members (excludes halogenated alkanes) is 1. The topological polar surface area (TPSA) is 107 Å². The quantitative estimate of drug-likeness (QED) is 0.550. The average molecular weight is 450 g/mol. The molecule has 2 N–H and O–H groups in total. The predicted molar refractivity (Wildman–Crippen MR) is 128 cm³/mol. The van der Waals surface area contributed by atoms with Crippen molar-refractivity contribution in [3.8, 4) is 11.1 Å². The summed E-state index contributed by atoms with van der Waals surface area (Å²) in [5, 5.41) is 21.7. The average Bonchev–Trinajstić information content (AvgIpc) is 2.82. The summed E-state index contributed by atoms with van der Waals surface area (Å²) in [5.74, 6) is -1.29. The molecule has 1 aliphatic heterocycles. The minimum atomic E-state index is -0.973. The maximum absolute atomic E-state index is 12.9. The highest BCUT2D eigenvalue weighted by Gasteiger charge is 2.32. The van der Waals surface area contributed by atoms with Crippen LogP contribution in [0.5, 0.6) is 0 Å². The normalized spacial score (nSPS) is 13.9. The fraction of sp³-hybridized carbons (Fsp3) is 0.400. The summed E-state index contributed by atoms with van der Waals surface area (Å²) in [6, 6.07) is 15.0. The second-order valence-electron chi connectivity index (χ2n) is 8.45. The summed E-state index contributed by atoms with van der Waals surface area (Å²) in [6.07, 6.45) is 1.98. The van der Waals surface area contributed by atoms with Crippen molar-refractivity contribution in [3.63, 3.8) is 0 Å². The first-order chi connectivity index (χ1) is 15.9. The van der Waals surface area contributed by atoms with Gasteiger partial charge in [-0.3, -0.25) is 4.79 Å². The molecule has 33 heavy (non-hydrogen) atoms. The molecule has 0 radical (unpaired) electrons. The van der Waals surface area contributed by atoms with Crippen LogP contribution in [-0.4, -0.2) is 40.2 Å². The molecule has 8 nitrogen and oxygen atoms in total. The van der Waals surface area contributed by atoms with Gasteiger partial charge in [0.25, 0.3) is 0 Å². The summed E-state index contributed by atoms with van der Waals surface area (Å²) in [5.41, 5.74) is 7.24. The van der Waals surface area contributed by atoms with Gasteiger partial charge in [0.2, 0.25) is 5.91 Å². The third-order valence-corrected chi connectivity index (χ3v) is 5.66. The van der Waals surface area contributed by atoms with E-state index in [1.54, 1.807) is 0 Å². The number of rotatable bonds is 10. The van der Waals surface area contributed by atoms with E-state index in [9.17, 15) is 14.7 Å². The predicted octanol–water partition coefficient (Wildman–Crippen LogP) is 4.66. The SMILES string of the molecule is CCCCC(=O)N(Cc1ccc(-c2ccccc2C2=NNN=NC2)cc1)C(C(=O)O)C(C)C. The number of nitrogens with one attached hydrogen (secondary N) is 1. The molecule has 0 fully saturated rings. The molecule has 174 valence electrons. The van der Waals surface area contributed by atoms with Crippen LogP contribution >= 0.6 is 0 Å². The molecule has 0 bridgehead atoms. The van der Waals surface area contributed by atoms with Gasteiger partial charge in [0, 0.05) is 18.5 Å². The number of carboxylic acid groups (broad SMARTS) is 1. The molecule has 0 aromatic heterocycles. The van der Waals surface area contributed by atoms with Crippen LogP contribution in [0.4, 0.5) is 0 Å². The Morgan fingerprint density at radius 1 is 1.09 bits per heavy atom. The Hall–Kier alpha value is -3.55. The molecule has 2 aromatic carbocycles. The highest BCUT2D eigenvalue weighted by Crippen LogP contribution is 2.26. The van der Waals surface area contributed by atoms with Crippen LogP contribution in [0.3, 0.4) is 0 Å². The van der Waals surface area contributed by atoms with Crippen molar-refractivity contribution < 1.29 is 14.7 Å². The van der Waals surface area contributed by atoms with Crippen molar-refractivity contribution >= 4 is 17.6 Å². The van der Waals surface area contributed by atoms with Crippen molar-refractivity contribution in [2.24, 2.45) is 21.4 Å². The highest BCUT2D eigenvalue weighted by atomic mass is 16.4. The molecule has 1 unspecified atom stereocenters. The Morgan fingerprint density at radius 3 is 2.36 bits per heavy atom. The molecule has 0 spiro atoms. The van der Waals surface area contributed by atoms with E-state index in [2.05, 4.69) is 21.0 Å². The minimum absolute atomic E-state index is 0.121. The Balaban J connectivity index is 1.86. The number of hydrogen-bond acceptors (Lipinski definition) is 6. The van der Waals surface area contributed by atoms with E-state index in [-0.39, 0.29) is 18.4 Å². The van der Waals surface area contributed by atoms with Crippen LogP contribution < -0.4 is 5.53 Å². The smallest absolute Gasteiger partial charge is 0.326 e. The van der Waals surface area contributed by atoms with Crippen LogP contribution in [-0.2, 0) is 16.1 Å². The van der Waals surface area contributed by atoms with Gasteiger partial charge in [-0.15, -0.1) is 0 Å². The van der Waals surface area contributed by atoms with Gasteiger partial charge in [-0.25, -0.2) is 4.79 Å². The van der Waals surface area contributed by atoms with Gasteiger partial charge < -0.3 is 10.0 Å². The number of amides is 1. The number of carbonyl (C=O) groups is 2. The lowest BCUT2D eigenvalue weighted by molar-refractivity contribution is -0.153. The molecule has 0 saturated carbocycles. The van der Waals surface area contributed by atoms with Crippen LogP contribution in [0.25, 0.3) is 11.1 Å². The number of hydrogen-bond donors (Lipinski definition) is 2. The first-order valence-electron chi connectivity index (χ1n) is 11.3. The number of carbonyl (C=O) groups excluding carboxylic acids is 1. The molecule has 1 heterocycles. The van der Waals surface area contributed by atoms with Gasteiger partial charge in [-0.05, 0) is 29.0 Å². The fourth-order valence-corrected chi connectivity index (χ4v) is 3.96. The number of carboxylic acids is 1. The summed E-state index contributed by atoms with van der Waals surface area (Å²) < 4.78 is 0.